The van der Waals surface area contributed by atoms with Gasteiger partial charge in [-0.2, -0.15) is 0 Å². The first-order valence-corrected chi connectivity index (χ1v) is 7.57. The number of pyridine rings is 1. The van der Waals surface area contributed by atoms with Gasteiger partial charge < -0.3 is 11.1 Å². The summed E-state index contributed by atoms with van der Waals surface area (Å²) in [5, 5.41) is 2.99. The highest BCUT2D eigenvalue weighted by Gasteiger charge is 2.47. The molecule has 1 aromatic heterocycles. The number of halogens is 1. The maximum absolute atomic E-state index is 12.2. The number of amides is 1. The molecule has 3 rings (SSSR count). The summed E-state index contributed by atoms with van der Waals surface area (Å²) in [7, 11) is 0. The monoisotopic (exact) mass is 323 g/mol. The Balaban J connectivity index is 1.54. The van der Waals surface area contributed by atoms with E-state index in [2.05, 4.69) is 26.2 Å². The van der Waals surface area contributed by atoms with Gasteiger partial charge in [0, 0.05) is 22.6 Å². The van der Waals surface area contributed by atoms with E-state index in [1.165, 1.54) is 0 Å². The second-order valence-electron chi connectivity index (χ2n) is 5.64. The lowest BCUT2D eigenvalue weighted by atomic mass is 9.72. The summed E-state index contributed by atoms with van der Waals surface area (Å²) in [6.07, 6.45) is 4.80. The van der Waals surface area contributed by atoms with Crippen molar-refractivity contribution < 1.29 is 4.79 Å². The Morgan fingerprint density at radius 1 is 1.47 bits per heavy atom. The summed E-state index contributed by atoms with van der Waals surface area (Å²) < 4.78 is 0.934. The molecule has 2 aliphatic carbocycles. The predicted molar refractivity (Wildman–Crippen MR) is 76.1 cm³/mol. The van der Waals surface area contributed by atoms with Gasteiger partial charge in [0.2, 0.25) is 5.91 Å². The standard InChI is InChI=1S/C14H18BrN3O/c15-11-2-1-3-17-13(11)7-18-14(19)9-4-8-6-12(16)10(8)5-9/h1-3,8-10,12H,4-7,16H2,(H,18,19). The first-order chi connectivity index (χ1) is 9.15. The Bertz CT molecular complexity index is 493. The van der Waals surface area contributed by atoms with Crippen LogP contribution in [0.2, 0.25) is 0 Å². The van der Waals surface area contributed by atoms with E-state index in [9.17, 15) is 4.79 Å². The first kappa shape index (κ1) is 13.1. The van der Waals surface area contributed by atoms with Crippen LogP contribution in [-0.4, -0.2) is 16.9 Å². The third-order valence-electron chi connectivity index (χ3n) is 4.51. The fourth-order valence-electron chi connectivity index (χ4n) is 3.36. The van der Waals surface area contributed by atoms with Crippen molar-refractivity contribution in [2.75, 3.05) is 0 Å². The van der Waals surface area contributed by atoms with Gasteiger partial charge in [-0.1, -0.05) is 0 Å². The number of aromatic nitrogens is 1. The topological polar surface area (TPSA) is 68.0 Å². The van der Waals surface area contributed by atoms with Crippen LogP contribution in [-0.2, 0) is 11.3 Å². The van der Waals surface area contributed by atoms with Crippen LogP contribution < -0.4 is 11.1 Å². The van der Waals surface area contributed by atoms with Crippen LogP contribution >= 0.6 is 15.9 Å². The number of fused-ring (bicyclic) bond motifs is 1. The molecule has 1 aromatic rings. The minimum atomic E-state index is 0.144. The number of hydrogen-bond donors (Lipinski definition) is 2. The number of hydrogen-bond acceptors (Lipinski definition) is 3. The van der Waals surface area contributed by atoms with Gasteiger partial charge in [0.25, 0.3) is 0 Å². The zero-order chi connectivity index (χ0) is 13.4. The molecular formula is C14H18BrN3O. The van der Waals surface area contributed by atoms with E-state index >= 15 is 0 Å². The molecule has 0 radical (unpaired) electrons. The van der Waals surface area contributed by atoms with Crippen molar-refractivity contribution in [1.29, 1.82) is 0 Å². The summed E-state index contributed by atoms with van der Waals surface area (Å²) in [5.41, 5.74) is 6.83. The smallest absolute Gasteiger partial charge is 0.223 e. The van der Waals surface area contributed by atoms with Crippen LogP contribution in [0, 0.1) is 17.8 Å². The van der Waals surface area contributed by atoms with E-state index in [0.717, 1.165) is 29.4 Å². The van der Waals surface area contributed by atoms with Gasteiger partial charge in [0.05, 0.1) is 12.2 Å². The van der Waals surface area contributed by atoms with E-state index in [-0.39, 0.29) is 11.8 Å². The fourth-order valence-corrected chi connectivity index (χ4v) is 3.75. The third kappa shape index (κ3) is 2.54. The molecule has 3 N–H and O–H groups in total. The third-order valence-corrected chi connectivity index (χ3v) is 5.23. The number of carbonyl (C=O) groups is 1. The molecule has 2 fully saturated rings. The molecule has 4 nitrogen and oxygen atoms in total. The van der Waals surface area contributed by atoms with Gasteiger partial charge >= 0.3 is 0 Å². The number of carbonyl (C=O) groups excluding carboxylic acids is 1. The summed E-state index contributed by atoms with van der Waals surface area (Å²) in [4.78, 5) is 16.4. The van der Waals surface area contributed by atoms with Gasteiger partial charge in [-0.3, -0.25) is 9.78 Å². The highest BCUT2D eigenvalue weighted by atomic mass is 79.9. The maximum atomic E-state index is 12.2. The molecule has 0 aliphatic heterocycles. The predicted octanol–water partition coefficient (Wildman–Crippen LogP) is 1.83. The Hall–Kier alpha value is -0.940. The Labute approximate surface area is 121 Å². The number of nitrogens with two attached hydrogens (primary N) is 1. The zero-order valence-electron chi connectivity index (χ0n) is 10.7. The summed E-state index contributed by atoms with van der Waals surface area (Å²) in [6, 6.07) is 4.13. The second kappa shape index (κ2) is 5.21. The van der Waals surface area contributed by atoms with Gasteiger partial charge in [0.15, 0.2) is 0 Å². The molecule has 0 bridgehead atoms. The van der Waals surface area contributed by atoms with E-state index in [4.69, 9.17) is 5.73 Å². The average molecular weight is 324 g/mol. The molecule has 1 heterocycles. The van der Waals surface area contributed by atoms with Crippen molar-refractivity contribution in [3.8, 4) is 0 Å². The highest BCUT2D eigenvalue weighted by Crippen LogP contribution is 2.48. The molecule has 2 saturated carbocycles. The molecule has 102 valence electrons. The lowest BCUT2D eigenvalue weighted by molar-refractivity contribution is -0.125. The van der Waals surface area contributed by atoms with Crippen LogP contribution in [0.5, 0.6) is 0 Å². The quantitative estimate of drug-likeness (QED) is 0.891. The lowest BCUT2D eigenvalue weighted by Gasteiger charge is -2.37. The lowest BCUT2D eigenvalue weighted by Crippen LogP contribution is -2.44. The van der Waals surface area contributed by atoms with E-state index in [1.54, 1.807) is 6.20 Å². The van der Waals surface area contributed by atoms with E-state index < -0.39 is 0 Å². The van der Waals surface area contributed by atoms with Gasteiger partial charge in [0.1, 0.15) is 0 Å². The van der Waals surface area contributed by atoms with Crippen molar-refractivity contribution in [1.82, 2.24) is 10.3 Å². The molecule has 5 heteroatoms. The van der Waals surface area contributed by atoms with E-state index in [1.807, 2.05) is 12.1 Å². The summed E-state index contributed by atoms with van der Waals surface area (Å²) in [6.45, 7) is 0.484. The van der Waals surface area contributed by atoms with Crippen molar-refractivity contribution in [2.45, 2.75) is 31.8 Å². The fraction of sp³-hybridized carbons (Fsp3) is 0.571. The molecule has 2 aliphatic rings. The van der Waals surface area contributed by atoms with Crippen molar-refractivity contribution in [3.05, 3.63) is 28.5 Å². The Morgan fingerprint density at radius 2 is 2.32 bits per heavy atom. The average Bonchev–Trinajstić information content (AvgIpc) is 2.75. The molecule has 4 unspecified atom stereocenters. The Morgan fingerprint density at radius 3 is 3.00 bits per heavy atom. The summed E-state index contributed by atoms with van der Waals surface area (Å²) in [5.74, 6) is 1.56. The normalized spacial score (nSPS) is 32.5. The van der Waals surface area contributed by atoms with Crippen LogP contribution in [0.4, 0.5) is 0 Å². The van der Waals surface area contributed by atoms with Crippen molar-refractivity contribution in [3.63, 3.8) is 0 Å². The number of nitrogens with zero attached hydrogens (tertiary/aromatic N) is 1. The molecule has 0 spiro atoms. The van der Waals surface area contributed by atoms with Crippen molar-refractivity contribution >= 4 is 21.8 Å². The molecule has 0 aromatic carbocycles. The highest BCUT2D eigenvalue weighted by molar-refractivity contribution is 9.10. The van der Waals surface area contributed by atoms with Crippen molar-refractivity contribution in [2.24, 2.45) is 23.5 Å². The SMILES string of the molecule is NC1CC2CC(C(=O)NCc3ncccc3Br)CC12. The largest absolute Gasteiger partial charge is 0.350 e. The first-order valence-electron chi connectivity index (χ1n) is 6.78. The van der Waals surface area contributed by atoms with E-state index in [0.29, 0.717) is 24.4 Å². The maximum Gasteiger partial charge on any atom is 0.223 e. The molecule has 0 saturated heterocycles. The van der Waals surface area contributed by atoms with Gasteiger partial charge in [-0.25, -0.2) is 0 Å². The van der Waals surface area contributed by atoms with Crippen LogP contribution in [0.1, 0.15) is 25.0 Å². The number of nitrogens with one attached hydrogen (secondary N) is 1. The van der Waals surface area contributed by atoms with Crippen LogP contribution in [0.25, 0.3) is 0 Å². The molecule has 19 heavy (non-hydrogen) atoms. The molecule has 1 amide bonds. The van der Waals surface area contributed by atoms with Gasteiger partial charge in [-0.05, 0) is 59.2 Å². The molecular weight excluding hydrogens is 306 g/mol. The van der Waals surface area contributed by atoms with Gasteiger partial charge in [-0.15, -0.1) is 0 Å². The zero-order valence-corrected chi connectivity index (χ0v) is 12.3. The van der Waals surface area contributed by atoms with Crippen LogP contribution in [0.15, 0.2) is 22.8 Å². The molecule has 4 atom stereocenters. The number of rotatable bonds is 3. The second-order valence-corrected chi connectivity index (χ2v) is 6.50. The Kier molecular flexibility index (Phi) is 3.58. The van der Waals surface area contributed by atoms with Crippen LogP contribution in [0.3, 0.4) is 0 Å². The minimum absolute atomic E-state index is 0.144. The minimum Gasteiger partial charge on any atom is -0.350 e. The summed E-state index contributed by atoms with van der Waals surface area (Å²) >= 11 is 3.44.